The van der Waals surface area contributed by atoms with Crippen molar-refractivity contribution in [3.05, 3.63) is 25.6 Å². The number of halogens is 3. The van der Waals surface area contributed by atoms with Crippen molar-refractivity contribution in [1.29, 1.82) is 0 Å². The fraction of sp³-hybridized carbons (Fsp3) is 0.250. The van der Waals surface area contributed by atoms with Crippen LogP contribution in [0.2, 0.25) is 10.0 Å². The summed E-state index contributed by atoms with van der Waals surface area (Å²) >= 11 is 14.9. The summed E-state index contributed by atoms with van der Waals surface area (Å²) in [6.45, 7) is 3.63. The zero-order valence-electron chi connectivity index (χ0n) is 6.58. The van der Waals surface area contributed by atoms with Crippen LogP contribution in [0.4, 0.5) is 0 Å². The predicted octanol–water partition coefficient (Wildman–Crippen LogP) is 4.08. The summed E-state index contributed by atoms with van der Waals surface area (Å²) in [5, 5.41) is 10.0. The lowest BCUT2D eigenvalue weighted by atomic mass is 10.1. The molecule has 0 fully saturated rings. The summed E-state index contributed by atoms with van der Waals surface area (Å²) in [6.07, 6.45) is 0. The SMILES string of the molecule is Cc1c(Cl)c(O)c(Cl)c(C)c1Br. The molecular formula is C8H7BrCl2O. The Hall–Kier alpha value is 0.0800. The third kappa shape index (κ3) is 1.43. The van der Waals surface area contributed by atoms with Crippen molar-refractivity contribution in [2.45, 2.75) is 13.8 Å². The molecule has 0 aliphatic heterocycles. The minimum atomic E-state index is -0.0449. The lowest BCUT2D eigenvalue weighted by Gasteiger charge is -2.09. The molecule has 0 unspecified atom stereocenters. The molecule has 12 heavy (non-hydrogen) atoms. The Labute approximate surface area is 89.4 Å². The van der Waals surface area contributed by atoms with Crippen molar-refractivity contribution in [2.75, 3.05) is 0 Å². The number of rotatable bonds is 0. The van der Waals surface area contributed by atoms with E-state index in [1.165, 1.54) is 0 Å². The van der Waals surface area contributed by atoms with Crippen LogP contribution in [0, 0.1) is 13.8 Å². The third-order valence-electron chi connectivity index (χ3n) is 1.73. The van der Waals surface area contributed by atoms with E-state index in [0.29, 0.717) is 10.0 Å². The summed E-state index contributed by atoms with van der Waals surface area (Å²) in [7, 11) is 0. The largest absolute Gasteiger partial charge is 0.505 e. The Balaban J connectivity index is 3.60. The molecule has 1 aromatic carbocycles. The monoisotopic (exact) mass is 268 g/mol. The fourth-order valence-corrected chi connectivity index (χ4v) is 1.98. The fourth-order valence-electron chi connectivity index (χ4n) is 0.926. The van der Waals surface area contributed by atoms with Gasteiger partial charge in [-0.3, -0.25) is 0 Å². The summed E-state index contributed by atoms with van der Waals surface area (Å²) in [5.41, 5.74) is 1.60. The van der Waals surface area contributed by atoms with Crippen molar-refractivity contribution < 1.29 is 5.11 Å². The van der Waals surface area contributed by atoms with Crippen LogP contribution in [0.25, 0.3) is 0 Å². The van der Waals surface area contributed by atoms with E-state index in [4.69, 9.17) is 23.2 Å². The molecule has 1 nitrogen and oxygen atoms in total. The molecule has 0 radical (unpaired) electrons. The zero-order valence-corrected chi connectivity index (χ0v) is 9.68. The van der Waals surface area contributed by atoms with Gasteiger partial charge < -0.3 is 5.11 Å². The summed E-state index contributed by atoms with van der Waals surface area (Å²) in [4.78, 5) is 0. The molecule has 0 aromatic heterocycles. The van der Waals surface area contributed by atoms with Crippen LogP contribution in [0.3, 0.4) is 0 Å². The predicted molar refractivity (Wildman–Crippen MR) is 55.3 cm³/mol. The van der Waals surface area contributed by atoms with E-state index in [1.54, 1.807) is 0 Å². The Morgan fingerprint density at radius 2 is 1.42 bits per heavy atom. The molecule has 0 spiro atoms. The van der Waals surface area contributed by atoms with Crippen LogP contribution in [0.15, 0.2) is 4.47 Å². The second kappa shape index (κ2) is 3.44. The minimum Gasteiger partial charge on any atom is -0.505 e. The number of hydrogen-bond donors (Lipinski definition) is 1. The summed E-state index contributed by atoms with van der Waals surface area (Å²) in [5.74, 6) is -0.0449. The van der Waals surface area contributed by atoms with Gasteiger partial charge in [-0.25, -0.2) is 0 Å². The second-order valence-corrected chi connectivity index (χ2v) is 4.09. The van der Waals surface area contributed by atoms with E-state index >= 15 is 0 Å². The Morgan fingerprint density at radius 1 is 1.08 bits per heavy atom. The van der Waals surface area contributed by atoms with Crippen molar-refractivity contribution >= 4 is 39.1 Å². The first kappa shape index (κ1) is 10.2. The van der Waals surface area contributed by atoms with Gasteiger partial charge in [0.25, 0.3) is 0 Å². The molecule has 0 saturated heterocycles. The topological polar surface area (TPSA) is 20.2 Å². The van der Waals surface area contributed by atoms with Gasteiger partial charge >= 0.3 is 0 Å². The molecular weight excluding hydrogens is 263 g/mol. The maximum Gasteiger partial charge on any atom is 0.153 e. The molecule has 1 N–H and O–H groups in total. The summed E-state index contributed by atoms with van der Waals surface area (Å²) in [6, 6.07) is 0. The van der Waals surface area contributed by atoms with Crippen LogP contribution < -0.4 is 0 Å². The highest BCUT2D eigenvalue weighted by Gasteiger charge is 2.14. The lowest BCUT2D eigenvalue weighted by molar-refractivity contribution is 0.475. The van der Waals surface area contributed by atoms with E-state index in [2.05, 4.69) is 15.9 Å². The van der Waals surface area contributed by atoms with Gasteiger partial charge in [0.1, 0.15) is 0 Å². The Kier molecular flexibility index (Phi) is 2.92. The van der Waals surface area contributed by atoms with E-state index in [9.17, 15) is 5.11 Å². The highest BCUT2D eigenvalue weighted by molar-refractivity contribution is 9.10. The normalized spacial score (nSPS) is 10.4. The molecule has 1 aromatic rings. The first-order chi connectivity index (χ1) is 5.46. The standard InChI is InChI=1S/C8H7BrCl2O/c1-3-5(9)4(2)7(11)8(12)6(3)10/h12H,1-2H3. The second-order valence-electron chi connectivity index (χ2n) is 2.54. The number of aromatic hydroxyl groups is 1. The number of phenols is 1. The smallest absolute Gasteiger partial charge is 0.153 e. The maximum atomic E-state index is 9.41. The third-order valence-corrected chi connectivity index (χ3v) is 3.85. The molecule has 66 valence electrons. The average molecular weight is 270 g/mol. The molecule has 0 aliphatic rings. The van der Waals surface area contributed by atoms with Crippen LogP contribution in [-0.2, 0) is 0 Å². The molecule has 4 heteroatoms. The number of phenolic OH excluding ortho intramolecular Hbond substituents is 1. The van der Waals surface area contributed by atoms with Crippen molar-refractivity contribution in [2.24, 2.45) is 0 Å². The van der Waals surface area contributed by atoms with Gasteiger partial charge in [-0.1, -0.05) is 39.1 Å². The highest BCUT2D eigenvalue weighted by atomic mass is 79.9. The van der Waals surface area contributed by atoms with Gasteiger partial charge in [0.15, 0.2) is 5.75 Å². The van der Waals surface area contributed by atoms with Gasteiger partial charge in [-0.05, 0) is 25.0 Å². The van der Waals surface area contributed by atoms with Gasteiger partial charge in [0, 0.05) is 4.47 Å². The zero-order chi connectivity index (χ0) is 9.46. The van der Waals surface area contributed by atoms with Gasteiger partial charge in [0.2, 0.25) is 0 Å². The van der Waals surface area contributed by atoms with Gasteiger partial charge in [0.05, 0.1) is 10.0 Å². The summed E-state index contributed by atoms with van der Waals surface area (Å²) < 4.78 is 0.843. The molecule has 0 aliphatic carbocycles. The highest BCUT2D eigenvalue weighted by Crippen LogP contribution is 2.41. The van der Waals surface area contributed by atoms with Gasteiger partial charge in [-0.15, -0.1) is 0 Å². The van der Waals surface area contributed by atoms with Crippen molar-refractivity contribution in [3.63, 3.8) is 0 Å². The van der Waals surface area contributed by atoms with Crippen LogP contribution in [-0.4, -0.2) is 5.11 Å². The number of hydrogen-bond acceptors (Lipinski definition) is 1. The molecule has 0 amide bonds. The van der Waals surface area contributed by atoms with Crippen LogP contribution in [0.5, 0.6) is 5.75 Å². The first-order valence-electron chi connectivity index (χ1n) is 3.29. The van der Waals surface area contributed by atoms with E-state index < -0.39 is 0 Å². The molecule has 0 atom stereocenters. The Bertz CT molecular complexity index is 231. The first-order valence-corrected chi connectivity index (χ1v) is 4.84. The van der Waals surface area contributed by atoms with E-state index in [-0.39, 0.29) is 5.75 Å². The van der Waals surface area contributed by atoms with Gasteiger partial charge in [-0.2, -0.15) is 0 Å². The molecule has 0 bridgehead atoms. The minimum absolute atomic E-state index is 0.0449. The molecule has 1 rings (SSSR count). The van der Waals surface area contributed by atoms with E-state index in [0.717, 1.165) is 15.6 Å². The van der Waals surface area contributed by atoms with Crippen LogP contribution in [0.1, 0.15) is 11.1 Å². The quantitative estimate of drug-likeness (QED) is 0.753. The van der Waals surface area contributed by atoms with Crippen molar-refractivity contribution in [3.8, 4) is 5.75 Å². The molecule has 0 saturated carbocycles. The maximum absolute atomic E-state index is 9.41. The lowest BCUT2D eigenvalue weighted by Crippen LogP contribution is -1.86. The average Bonchev–Trinajstić information content (AvgIpc) is 2.08. The van der Waals surface area contributed by atoms with E-state index in [1.807, 2.05) is 13.8 Å². The van der Waals surface area contributed by atoms with Crippen molar-refractivity contribution in [1.82, 2.24) is 0 Å². The van der Waals surface area contributed by atoms with Crippen LogP contribution >= 0.6 is 39.1 Å². The molecule has 0 heterocycles. The number of benzene rings is 1. The Morgan fingerprint density at radius 3 is 1.75 bits per heavy atom.